The van der Waals surface area contributed by atoms with Crippen molar-refractivity contribution >= 4 is 33.2 Å². The number of aliphatic hydroxyl groups is 1. The first kappa shape index (κ1) is 14.8. The fourth-order valence-electron chi connectivity index (χ4n) is 2.86. The van der Waals surface area contributed by atoms with Crippen LogP contribution in [-0.2, 0) is 21.2 Å². The number of sulfonamides is 1. The Morgan fingerprint density at radius 3 is 2.90 bits per heavy atom. The monoisotopic (exact) mass is 330 g/mol. The van der Waals surface area contributed by atoms with Gasteiger partial charge in [0.1, 0.15) is 4.90 Å². The molecule has 1 atom stereocenters. The molecule has 0 spiro atoms. The van der Waals surface area contributed by atoms with Crippen molar-refractivity contribution in [1.29, 1.82) is 0 Å². The predicted octanol–water partition coefficient (Wildman–Crippen LogP) is 0.980. The molecule has 8 heteroatoms. The minimum atomic E-state index is -3.77. The number of fused-ring (bicyclic) bond motifs is 1. The normalized spacial score (nSPS) is 22.4. The molecule has 0 bridgehead atoms. The fourth-order valence-corrected chi connectivity index (χ4v) is 5.10. The molecule has 1 aromatic carbocycles. The lowest BCUT2D eigenvalue weighted by Crippen LogP contribution is -2.37. The van der Waals surface area contributed by atoms with E-state index >= 15 is 0 Å². The number of carbonyl (C=O) groups is 1. The van der Waals surface area contributed by atoms with Crippen molar-refractivity contribution in [1.82, 2.24) is 4.31 Å². The molecule has 2 N–H and O–H groups in total. The first-order chi connectivity index (χ1) is 9.93. The maximum atomic E-state index is 12.7. The lowest BCUT2D eigenvalue weighted by Gasteiger charge is -2.23. The molecule has 0 aromatic heterocycles. The first-order valence-electron chi connectivity index (χ1n) is 6.68. The smallest absolute Gasteiger partial charge is 0.244 e. The second kappa shape index (κ2) is 5.24. The Morgan fingerprint density at radius 1 is 1.43 bits per heavy atom. The lowest BCUT2D eigenvalue weighted by atomic mass is 10.2. The van der Waals surface area contributed by atoms with Gasteiger partial charge in [-0.05, 0) is 30.5 Å². The van der Waals surface area contributed by atoms with Crippen LogP contribution in [0.1, 0.15) is 18.4 Å². The van der Waals surface area contributed by atoms with Crippen LogP contribution in [0.2, 0.25) is 5.02 Å². The summed E-state index contributed by atoms with van der Waals surface area (Å²) in [5, 5.41) is 12.0. The number of hydrogen-bond acceptors (Lipinski definition) is 4. The van der Waals surface area contributed by atoms with E-state index in [-0.39, 0.29) is 28.9 Å². The summed E-state index contributed by atoms with van der Waals surface area (Å²) in [7, 11) is -3.77. The number of anilines is 1. The summed E-state index contributed by atoms with van der Waals surface area (Å²) in [4.78, 5) is 11.4. The average Bonchev–Trinajstić information content (AvgIpc) is 3.02. The molecule has 0 radical (unpaired) electrons. The van der Waals surface area contributed by atoms with Crippen molar-refractivity contribution in [2.45, 2.75) is 30.2 Å². The van der Waals surface area contributed by atoms with E-state index < -0.39 is 16.1 Å². The quantitative estimate of drug-likeness (QED) is 0.865. The van der Waals surface area contributed by atoms with Crippen molar-refractivity contribution in [3.63, 3.8) is 0 Å². The van der Waals surface area contributed by atoms with E-state index in [0.717, 1.165) is 0 Å². The number of carbonyl (C=O) groups excluding carboxylic acids is 1. The van der Waals surface area contributed by atoms with Crippen molar-refractivity contribution in [3.8, 4) is 0 Å². The van der Waals surface area contributed by atoms with Crippen molar-refractivity contribution < 1.29 is 18.3 Å². The molecule has 2 aliphatic rings. The molecule has 2 heterocycles. The molecule has 1 fully saturated rings. The zero-order valence-electron chi connectivity index (χ0n) is 11.2. The number of halogens is 1. The van der Waals surface area contributed by atoms with Crippen molar-refractivity contribution in [3.05, 3.63) is 22.7 Å². The molecule has 1 saturated heterocycles. The average molecular weight is 331 g/mol. The molecular weight excluding hydrogens is 316 g/mol. The number of benzene rings is 1. The highest BCUT2D eigenvalue weighted by Crippen LogP contribution is 2.35. The van der Waals surface area contributed by atoms with Gasteiger partial charge in [-0.25, -0.2) is 8.42 Å². The van der Waals surface area contributed by atoms with Crippen molar-refractivity contribution in [2.75, 3.05) is 18.5 Å². The summed E-state index contributed by atoms with van der Waals surface area (Å²) < 4.78 is 26.8. The van der Waals surface area contributed by atoms with Gasteiger partial charge in [0, 0.05) is 18.3 Å². The van der Waals surface area contributed by atoms with Crippen LogP contribution in [0.3, 0.4) is 0 Å². The van der Waals surface area contributed by atoms with E-state index in [4.69, 9.17) is 11.6 Å². The third kappa shape index (κ3) is 2.44. The third-order valence-corrected chi connectivity index (χ3v) is 6.32. The number of nitrogens with one attached hydrogen (secondary N) is 1. The van der Waals surface area contributed by atoms with Crippen LogP contribution in [0.4, 0.5) is 5.69 Å². The summed E-state index contributed by atoms with van der Waals surface area (Å²) in [5.74, 6) is -0.176. The number of nitrogens with zero attached hydrogens (tertiary/aromatic N) is 1. The van der Waals surface area contributed by atoms with Gasteiger partial charge in [-0.15, -0.1) is 0 Å². The molecule has 2 aliphatic heterocycles. The van der Waals surface area contributed by atoms with Gasteiger partial charge in [0.05, 0.1) is 18.1 Å². The van der Waals surface area contributed by atoms with Crippen LogP contribution in [0.5, 0.6) is 0 Å². The Balaban J connectivity index is 2.04. The van der Waals surface area contributed by atoms with Crippen LogP contribution < -0.4 is 5.32 Å². The molecule has 6 nitrogen and oxygen atoms in total. The highest BCUT2D eigenvalue weighted by atomic mass is 35.5. The van der Waals surface area contributed by atoms with E-state index in [0.29, 0.717) is 30.6 Å². The maximum absolute atomic E-state index is 12.7. The van der Waals surface area contributed by atoms with E-state index in [9.17, 15) is 18.3 Å². The van der Waals surface area contributed by atoms with Gasteiger partial charge in [0.15, 0.2) is 0 Å². The molecule has 1 aromatic rings. The minimum absolute atomic E-state index is 0.000216. The van der Waals surface area contributed by atoms with Crippen LogP contribution in [-0.4, -0.2) is 42.9 Å². The Hall–Kier alpha value is -1.15. The predicted molar refractivity (Wildman–Crippen MR) is 77.8 cm³/mol. The highest BCUT2D eigenvalue weighted by molar-refractivity contribution is 7.89. The highest BCUT2D eigenvalue weighted by Gasteiger charge is 2.36. The Kier molecular flexibility index (Phi) is 3.69. The van der Waals surface area contributed by atoms with Crippen LogP contribution in [0.15, 0.2) is 17.0 Å². The molecule has 1 unspecified atom stereocenters. The second-order valence-corrected chi connectivity index (χ2v) is 7.53. The molecule has 21 heavy (non-hydrogen) atoms. The van der Waals surface area contributed by atoms with E-state index in [1.165, 1.54) is 16.4 Å². The summed E-state index contributed by atoms with van der Waals surface area (Å²) in [6, 6.07) is 2.52. The van der Waals surface area contributed by atoms with Gasteiger partial charge in [-0.1, -0.05) is 11.6 Å². The summed E-state index contributed by atoms with van der Waals surface area (Å²) in [6.45, 7) is 0.167. The zero-order chi connectivity index (χ0) is 15.2. The van der Waals surface area contributed by atoms with E-state index in [2.05, 4.69) is 5.32 Å². The van der Waals surface area contributed by atoms with Gasteiger partial charge in [0.25, 0.3) is 0 Å². The Labute approximate surface area is 127 Å². The van der Waals surface area contributed by atoms with E-state index in [1.54, 1.807) is 0 Å². The summed E-state index contributed by atoms with van der Waals surface area (Å²) in [6.07, 6.45) is 1.50. The van der Waals surface area contributed by atoms with Gasteiger partial charge >= 0.3 is 0 Å². The largest absolute Gasteiger partial charge is 0.395 e. The topological polar surface area (TPSA) is 86.7 Å². The minimum Gasteiger partial charge on any atom is -0.395 e. The van der Waals surface area contributed by atoms with Crippen LogP contribution in [0.25, 0.3) is 0 Å². The number of amides is 1. The Morgan fingerprint density at radius 2 is 2.19 bits per heavy atom. The molecule has 0 aliphatic carbocycles. The fraction of sp³-hybridized carbons (Fsp3) is 0.462. The number of aliphatic hydroxyl groups excluding tert-OH is 1. The Bertz CT molecular complexity index is 704. The molecule has 3 rings (SSSR count). The van der Waals surface area contributed by atoms with Crippen molar-refractivity contribution in [2.24, 2.45) is 0 Å². The number of rotatable bonds is 3. The number of hydrogen-bond donors (Lipinski definition) is 2. The van der Waals surface area contributed by atoms with Crippen LogP contribution >= 0.6 is 11.6 Å². The van der Waals surface area contributed by atoms with E-state index in [1.807, 2.05) is 0 Å². The second-order valence-electron chi connectivity index (χ2n) is 5.26. The zero-order valence-corrected chi connectivity index (χ0v) is 12.7. The third-order valence-electron chi connectivity index (χ3n) is 3.90. The molecule has 114 valence electrons. The summed E-state index contributed by atoms with van der Waals surface area (Å²) in [5.41, 5.74) is 1.19. The maximum Gasteiger partial charge on any atom is 0.244 e. The van der Waals surface area contributed by atoms with Gasteiger partial charge < -0.3 is 10.4 Å². The lowest BCUT2D eigenvalue weighted by molar-refractivity contribution is -0.115. The molecule has 1 amide bonds. The first-order valence-corrected chi connectivity index (χ1v) is 8.50. The molecule has 0 saturated carbocycles. The SMILES string of the molecule is O=C1Cc2cc(S(=O)(=O)N3CCCC3CO)c(Cl)cc2N1. The van der Waals surface area contributed by atoms with Crippen LogP contribution in [0, 0.1) is 0 Å². The van der Waals surface area contributed by atoms with Gasteiger partial charge in [-0.3, -0.25) is 4.79 Å². The van der Waals surface area contributed by atoms with Gasteiger partial charge in [0.2, 0.25) is 15.9 Å². The molecular formula is C13H15ClN2O4S. The van der Waals surface area contributed by atoms with Gasteiger partial charge in [-0.2, -0.15) is 4.31 Å². The summed E-state index contributed by atoms with van der Waals surface area (Å²) >= 11 is 6.09. The standard InChI is InChI=1S/C13H15ClN2O4S/c14-10-6-11-8(5-13(18)15-11)4-12(10)21(19,20)16-3-1-2-9(16)7-17/h4,6,9,17H,1-3,5,7H2,(H,15,18).